The van der Waals surface area contributed by atoms with Crippen LogP contribution in [-0.2, 0) is 28.7 Å². The molecule has 1 aromatic carbocycles. The molecular formula is C25H23F3N6O3. The summed E-state index contributed by atoms with van der Waals surface area (Å²) in [6.45, 7) is 3.34. The molecule has 2 aliphatic heterocycles. The first-order valence-electron chi connectivity index (χ1n) is 11.7. The van der Waals surface area contributed by atoms with Crippen molar-refractivity contribution in [3.63, 3.8) is 0 Å². The number of benzene rings is 1. The molecule has 0 radical (unpaired) electrons. The number of hydrogen-bond acceptors (Lipinski definition) is 8. The van der Waals surface area contributed by atoms with Crippen LogP contribution in [0, 0.1) is 11.3 Å². The van der Waals surface area contributed by atoms with Gasteiger partial charge in [-0.05, 0) is 42.3 Å². The largest absolute Gasteiger partial charge is 0.457 e. The second-order valence-electron chi connectivity index (χ2n) is 8.68. The molecule has 0 unspecified atom stereocenters. The van der Waals surface area contributed by atoms with Crippen molar-refractivity contribution in [2.75, 3.05) is 43.1 Å². The number of halogens is 3. The number of fused-ring (bicyclic) bond motifs is 1. The molecule has 1 amide bonds. The minimum Gasteiger partial charge on any atom is -0.457 e. The van der Waals surface area contributed by atoms with Crippen molar-refractivity contribution in [3.8, 4) is 17.5 Å². The maximum absolute atomic E-state index is 13.8. The molecule has 0 bridgehead atoms. The molecule has 37 heavy (non-hydrogen) atoms. The van der Waals surface area contributed by atoms with Crippen LogP contribution in [-0.4, -0.2) is 53.6 Å². The first-order chi connectivity index (χ1) is 17.8. The lowest BCUT2D eigenvalue weighted by atomic mass is 10.1. The average Bonchev–Trinajstić information content (AvgIpc) is 3.33. The van der Waals surface area contributed by atoms with Gasteiger partial charge >= 0.3 is 6.18 Å². The number of nitrogens with zero attached hydrogens (tertiary/aromatic N) is 5. The number of furan rings is 1. The summed E-state index contributed by atoms with van der Waals surface area (Å²) in [5, 5.41) is 11.7. The van der Waals surface area contributed by atoms with E-state index in [1.165, 1.54) is 11.0 Å². The number of anilines is 3. The number of amides is 1. The van der Waals surface area contributed by atoms with E-state index in [0.717, 1.165) is 25.0 Å². The fourth-order valence-electron chi connectivity index (χ4n) is 4.37. The van der Waals surface area contributed by atoms with E-state index < -0.39 is 11.7 Å². The van der Waals surface area contributed by atoms with Crippen molar-refractivity contribution in [3.05, 3.63) is 53.4 Å². The Morgan fingerprint density at radius 2 is 1.92 bits per heavy atom. The summed E-state index contributed by atoms with van der Waals surface area (Å²) in [4.78, 5) is 23.8. The lowest BCUT2D eigenvalue weighted by Crippen LogP contribution is -2.36. The monoisotopic (exact) mass is 512 g/mol. The Balaban J connectivity index is 1.40. The van der Waals surface area contributed by atoms with Crippen LogP contribution in [0.1, 0.15) is 23.3 Å². The number of alkyl halides is 3. The van der Waals surface area contributed by atoms with Crippen molar-refractivity contribution < 1.29 is 27.1 Å². The molecule has 2 aliphatic rings. The van der Waals surface area contributed by atoms with Gasteiger partial charge in [-0.1, -0.05) is 0 Å². The zero-order valence-electron chi connectivity index (χ0n) is 19.7. The number of morpholine rings is 1. The van der Waals surface area contributed by atoms with Crippen molar-refractivity contribution >= 4 is 23.2 Å². The summed E-state index contributed by atoms with van der Waals surface area (Å²) < 4.78 is 52.6. The Morgan fingerprint density at radius 1 is 1.16 bits per heavy atom. The summed E-state index contributed by atoms with van der Waals surface area (Å²) in [5.41, 5.74) is 0.930. The fourth-order valence-corrected chi connectivity index (χ4v) is 4.37. The van der Waals surface area contributed by atoms with Crippen molar-refractivity contribution in [1.82, 2.24) is 14.9 Å². The van der Waals surface area contributed by atoms with Crippen LogP contribution < -0.4 is 10.2 Å². The zero-order chi connectivity index (χ0) is 26.0. The number of hydrogen-bond donors (Lipinski definition) is 1. The number of rotatable bonds is 5. The Bertz CT molecular complexity index is 1330. The predicted molar refractivity (Wildman–Crippen MR) is 127 cm³/mol. The van der Waals surface area contributed by atoms with Gasteiger partial charge in [0.2, 0.25) is 11.9 Å². The normalized spacial score (nSPS) is 15.7. The second-order valence-corrected chi connectivity index (χ2v) is 8.68. The number of ether oxygens (including phenoxy) is 1. The van der Waals surface area contributed by atoms with E-state index in [1.807, 2.05) is 30.3 Å². The molecule has 1 fully saturated rings. The number of carbonyl (C=O) groups is 1. The van der Waals surface area contributed by atoms with Gasteiger partial charge in [-0.3, -0.25) is 4.79 Å². The van der Waals surface area contributed by atoms with Crippen molar-refractivity contribution in [1.29, 1.82) is 5.26 Å². The predicted octanol–water partition coefficient (Wildman–Crippen LogP) is 4.13. The Morgan fingerprint density at radius 3 is 2.62 bits per heavy atom. The van der Waals surface area contributed by atoms with Crippen LogP contribution in [0.5, 0.6) is 0 Å². The summed E-state index contributed by atoms with van der Waals surface area (Å²) in [7, 11) is 0. The first-order valence-corrected chi connectivity index (χ1v) is 11.7. The summed E-state index contributed by atoms with van der Waals surface area (Å²) in [6, 6.07) is 10.8. The van der Waals surface area contributed by atoms with E-state index in [4.69, 9.17) is 14.4 Å². The SMILES string of the molecule is N#CCC(=O)N1CCc2cc(-c3nc(Nc4ccc(N5CCOCC5)cc4)ncc3C(F)(F)F)oc2C1. The zero-order valence-corrected chi connectivity index (χ0v) is 19.7. The van der Waals surface area contributed by atoms with E-state index in [0.29, 0.717) is 43.2 Å². The minimum absolute atomic E-state index is 0.0117. The highest BCUT2D eigenvalue weighted by Gasteiger charge is 2.37. The smallest absolute Gasteiger partial charge is 0.420 e. The topological polar surface area (TPSA) is 108 Å². The average molecular weight is 512 g/mol. The number of aromatic nitrogens is 2. The molecule has 1 saturated heterocycles. The lowest BCUT2D eigenvalue weighted by molar-refractivity contribution is -0.137. The highest BCUT2D eigenvalue weighted by atomic mass is 19.4. The van der Waals surface area contributed by atoms with Gasteiger partial charge in [0.25, 0.3) is 0 Å². The van der Waals surface area contributed by atoms with Crippen LogP contribution in [0.2, 0.25) is 0 Å². The molecule has 9 nitrogen and oxygen atoms in total. The molecule has 4 heterocycles. The van der Waals surface area contributed by atoms with Crippen molar-refractivity contribution in [2.24, 2.45) is 0 Å². The standard InChI is InChI=1S/C25H23F3N6O3/c26-25(27,28)19-14-30-24(31-17-1-3-18(4-2-17)33-9-11-36-12-10-33)32-23(19)20-13-16-6-8-34(15-21(16)37-20)22(35)5-7-29/h1-4,13-14H,5-6,8-12,15H2,(H,30,31,32). The van der Waals surface area contributed by atoms with Gasteiger partial charge in [0.05, 0.1) is 25.8 Å². The molecule has 1 N–H and O–H groups in total. The molecule has 3 aromatic rings. The lowest BCUT2D eigenvalue weighted by Gasteiger charge is -2.28. The van der Waals surface area contributed by atoms with Crippen LogP contribution in [0.4, 0.5) is 30.5 Å². The Labute approximate surface area is 210 Å². The molecule has 0 saturated carbocycles. The number of nitrogens with one attached hydrogen (secondary N) is 1. The van der Waals surface area contributed by atoms with Crippen LogP contribution >= 0.6 is 0 Å². The molecule has 0 aliphatic carbocycles. The van der Waals surface area contributed by atoms with Crippen LogP contribution in [0.15, 0.2) is 40.9 Å². The molecule has 5 rings (SSSR count). The maximum Gasteiger partial charge on any atom is 0.420 e. The van der Waals surface area contributed by atoms with Gasteiger partial charge in [0, 0.05) is 37.2 Å². The third kappa shape index (κ3) is 5.36. The molecule has 192 valence electrons. The Hall–Kier alpha value is -4.11. The van der Waals surface area contributed by atoms with Gasteiger partial charge in [0.15, 0.2) is 5.76 Å². The van der Waals surface area contributed by atoms with E-state index in [9.17, 15) is 18.0 Å². The fraction of sp³-hybridized carbons (Fsp3) is 0.360. The van der Waals surface area contributed by atoms with Gasteiger partial charge in [-0.25, -0.2) is 9.97 Å². The third-order valence-corrected chi connectivity index (χ3v) is 6.29. The second kappa shape index (κ2) is 10.1. The number of nitriles is 1. The quantitative estimate of drug-likeness (QED) is 0.544. The van der Waals surface area contributed by atoms with E-state index >= 15 is 0 Å². The molecule has 2 aromatic heterocycles. The van der Waals surface area contributed by atoms with E-state index in [2.05, 4.69) is 20.2 Å². The maximum atomic E-state index is 13.8. The third-order valence-electron chi connectivity index (χ3n) is 6.29. The van der Waals surface area contributed by atoms with Gasteiger partial charge in [-0.15, -0.1) is 0 Å². The van der Waals surface area contributed by atoms with E-state index in [-0.39, 0.29) is 36.3 Å². The highest BCUT2D eigenvalue weighted by Crippen LogP contribution is 2.38. The Kier molecular flexibility index (Phi) is 6.71. The van der Waals surface area contributed by atoms with E-state index in [1.54, 1.807) is 0 Å². The molecular weight excluding hydrogens is 489 g/mol. The van der Waals surface area contributed by atoms with Gasteiger partial charge < -0.3 is 24.3 Å². The summed E-state index contributed by atoms with van der Waals surface area (Å²) in [5.74, 6) is -0.0370. The van der Waals surface area contributed by atoms with Gasteiger partial charge in [0.1, 0.15) is 23.4 Å². The van der Waals surface area contributed by atoms with Crippen LogP contribution in [0.3, 0.4) is 0 Å². The molecule has 0 atom stereocenters. The summed E-state index contributed by atoms with van der Waals surface area (Å²) >= 11 is 0. The van der Waals surface area contributed by atoms with Crippen LogP contribution in [0.25, 0.3) is 11.5 Å². The first kappa shape index (κ1) is 24.6. The summed E-state index contributed by atoms with van der Waals surface area (Å²) in [6.07, 6.45) is -3.83. The number of carbonyl (C=O) groups excluding carboxylic acids is 1. The molecule has 0 spiro atoms. The molecule has 12 heteroatoms. The highest BCUT2D eigenvalue weighted by molar-refractivity contribution is 5.78. The van der Waals surface area contributed by atoms with Crippen molar-refractivity contribution in [2.45, 2.75) is 25.6 Å². The minimum atomic E-state index is -4.70. The van der Waals surface area contributed by atoms with Gasteiger partial charge in [-0.2, -0.15) is 18.4 Å².